The van der Waals surface area contributed by atoms with E-state index in [9.17, 15) is 0 Å². The van der Waals surface area contributed by atoms with Crippen molar-refractivity contribution in [1.82, 2.24) is 9.97 Å². The number of benzene rings is 2. The first-order valence-corrected chi connectivity index (χ1v) is 9.10. The molecule has 27 heavy (non-hydrogen) atoms. The zero-order chi connectivity index (χ0) is 18.6. The van der Waals surface area contributed by atoms with Crippen LogP contribution in [0.1, 0.15) is 25.5 Å². The summed E-state index contributed by atoms with van der Waals surface area (Å²) in [5, 5.41) is 0. The molecule has 0 aliphatic heterocycles. The smallest absolute Gasteiger partial charge is 0.231 e. The first kappa shape index (κ1) is 17.2. The summed E-state index contributed by atoms with van der Waals surface area (Å²) in [7, 11) is 0. The average Bonchev–Trinajstić information content (AvgIpc) is 3.16. The van der Waals surface area contributed by atoms with Crippen LogP contribution in [0.15, 0.2) is 65.2 Å². The van der Waals surface area contributed by atoms with Crippen LogP contribution < -0.4 is 10.7 Å². The minimum absolute atomic E-state index is 0.478. The van der Waals surface area contributed by atoms with E-state index in [1.807, 2.05) is 48.7 Å². The fraction of sp³-hybridized carbons (Fsp3) is 0.182. The SMILES string of the molecule is CCCCc1ccc(-c2ccc(ON)c(-c3nc4ccccc4o3)c2)cn1. The van der Waals surface area contributed by atoms with Crippen LogP contribution >= 0.6 is 0 Å². The summed E-state index contributed by atoms with van der Waals surface area (Å²) in [4.78, 5) is 14.2. The molecule has 4 aromatic rings. The maximum Gasteiger partial charge on any atom is 0.231 e. The molecule has 0 aliphatic rings. The second-order valence-corrected chi connectivity index (χ2v) is 6.46. The minimum Gasteiger partial charge on any atom is -0.436 e. The van der Waals surface area contributed by atoms with Gasteiger partial charge in [-0.15, -0.1) is 0 Å². The topological polar surface area (TPSA) is 74.2 Å². The molecule has 0 atom stereocenters. The normalized spacial score (nSPS) is 11.0. The number of hydrogen-bond donors (Lipinski definition) is 1. The summed E-state index contributed by atoms with van der Waals surface area (Å²) in [6.45, 7) is 2.18. The Morgan fingerprint density at radius 3 is 2.63 bits per heavy atom. The van der Waals surface area contributed by atoms with Gasteiger partial charge < -0.3 is 9.25 Å². The maximum absolute atomic E-state index is 5.89. The number of hydrogen-bond acceptors (Lipinski definition) is 5. The number of pyridine rings is 1. The molecule has 2 N–H and O–H groups in total. The van der Waals surface area contributed by atoms with Gasteiger partial charge >= 0.3 is 0 Å². The highest BCUT2D eigenvalue weighted by atomic mass is 16.6. The second kappa shape index (κ2) is 7.60. The molecule has 2 aromatic heterocycles. The molecule has 0 spiro atoms. The predicted molar refractivity (Wildman–Crippen MR) is 106 cm³/mol. The number of aryl methyl sites for hydroxylation is 1. The zero-order valence-electron chi connectivity index (χ0n) is 15.2. The molecule has 0 fully saturated rings. The largest absolute Gasteiger partial charge is 0.436 e. The Morgan fingerprint density at radius 1 is 1.04 bits per heavy atom. The fourth-order valence-corrected chi connectivity index (χ4v) is 3.07. The van der Waals surface area contributed by atoms with Crippen molar-refractivity contribution in [2.45, 2.75) is 26.2 Å². The molecule has 0 unspecified atom stereocenters. The molecule has 0 amide bonds. The molecule has 5 nitrogen and oxygen atoms in total. The minimum atomic E-state index is 0.478. The second-order valence-electron chi connectivity index (χ2n) is 6.46. The molecule has 0 aliphatic carbocycles. The molecule has 4 rings (SSSR count). The third-order valence-electron chi connectivity index (χ3n) is 4.58. The summed E-state index contributed by atoms with van der Waals surface area (Å²) in [6, 6.07) is 17.6. The highest BCUT2D eigenvalue weighted by Crippen LogP contribution is 2.35. The summed E-state index contributed by atoms with van der Waals surface area (Å²) < 4.78 is 5.89. The van der Waals surface area contributed by atoms with E-state index in [4.69, 9.17) is 15.2 Å². The van der Waals surface area contributed by atoms with Gasteiger partial charge in [-0.3, -0.25) is 4.98 Å². The summed E-state index contributed by atoms with van der Waals surface area (Å²) in [5.74, 6) is 6.45. The number of para-hydroxylation sites is 2. The van der Waals surface area contributed by atoms with Crippen LogP contribution in [0.5, 0.6) is 5.75 Å². The van der Waals surface area contributed by atoms with Gasteiger partial charge in [-0.1, -0.05) is 37.6 Å². The summed E-state index contributed by atoms with van der Waals surface area (Å²) in [5.41, 5.74) is 5.37. The Morgan fingerprint density at radius 2 is 1.89 bits per heavy atom. The van der Waals surface area contributed by atoms with Crippen molar-refractivity contribution in [3.05, 3.63) is 66.5 Å². The summed E-state index contributed by atoms with van der Waals surface area (Å²) >= 11 is 0. The Balaban J connectivity index is 1.72. The van der Waals surface area contributed by atoms with E-state index in [0.29, 0.717) is 17.2 Å². The van der Waals surface area contributed by atoms with E-state index >= 15 is 0 Å². The number of aromatic nitrogens is 2. The Kier molecular flexibility index (Phi) is 4.85. The van der Waals surface area contributed by atoms with Gasteiger partial charge in [0.2, 0.25) is 5.89 Å². The molecule has 0 bridgehead atoms. The van der Waals surface area contributed by atoms with E-state index in [1.54, 1.807) is 0 Å². The quantitative estimate of drug-likeness (QED) is 0.482. The van der Waals surface area contributed by atoms with Gasteiger partial charge in [0.1, 0.15) is 5.52 Å². The van der Waals surface area contributed by atoms with Crippen LogP contribution in [0.4, 0.5) is 0 Å². The molecule has 5 heteroatoms. The first-order chi connectivity index (χ1) is 13.3. The van der Waals surface area contributed by atoms with Gasteiger partial charge in [-0.2, -0.15) is 5.90 Å². The van der Waals surface area contributed by atoms with E-state index < -0.39 is 0 Å². The first-order valence-electron chi connectivity index (χ1n) is 9.10. The Hall–Kier alpha value is -3.18. The number of unbranched alkanes of at least 4 members (excludes halogenated alkanes) is 1. The van der Waals surface area contributed by atoms with Gasteiger partial charge in [0.25, 0.3) is 0 Å². The lowest BCUT2D eigenvalue weighted by Crippen LogP contribution is -2.03. The highest BCUT2D eigenvalue weighted by Gasteiger charge is 2.15. The van der Waals surface area contributed by atoms with Crippen molar-refractivity contribution in [3.8, 4) is 28.3 Å². The molecular weight excluding hydrogens is 338 g/mol. The van der Waals surface area contributed by atoms with E-state index in [-0.39, 0.29) is 0 Å². The number of rotatable bonds is 6. The van der Waals surface area contributed by atoms with Crippen LogP contribution in [0.3, 0.4) is 0 Å². The molecule has 2 heterocycles. The lowest BCUT2D eigenvalue weighted by Gasteiger charge is -2.08. The molecule has 0 radical (unpaired) electrons. The van der Waals surface area contributed by atoms with Crippen LogP contribution in [0, 0.1) is 0 Å². The van der Waals surface area contributed by atoms with Gasteiger partial charge in [-0.05, 0) is 48.7 Å². The standard InChI is InChI=1S/C22H21N3O2/c1-2-3-6-17-11-9-16(14-24-17)15-10-12-20(27-23)18(13-15)22-25-19-7-4-5-8-21(19)26-22/h4-5,7-14H,2-3,6,23H2,1H3. The predicted octanol–water partition coefficient (Wildman–Crippen LogP) is 5.15. The van der Waals surface area contributed by atoms with Gasteiger partial charge in [0.05, 0.1) is 5.56 Å². The average molecular weight is 359 g/mol. The zero-order valence-corrected chi connectivity index (χ0v) is 15.2. The number of oxazole rings is 1. The Labute approximate surface area is 157 Å². The van der Waals surface area contributed by atoms with E-state index in [1.165, 1.54) is 0 Å². The van der Waals surface area contributed by atoms with Crippen LogP contribution in [0.25, 0.3) is 33.7 Å². The van der Waals surface area contributed by atoms with Gasteiger partial charge in [0.15, 0.2) is 11.3 Å². The van der Waals surface area contributed by atoms with Gasteiger partial charge in [0, 0.05) is 17.5 Å². The third-order valence-corrected chi connectivity index (χ3v) is 4.58. The molecule has 2 aromatic carbocycles. The monoisotopic (exact) mass is 359 g/mol. The lowest BCUT2D eigenvalue weighted by molar-refractivity contribution is 0.335. The molecule has 136 valence electrons. The van der Waals surface area contributed by atoms with Crippen LogP contribution in [0.2, 0.25) is 0 Å². The van der Waals surface area contributed by atoms with Crippen molar-refractivity contribution < 1.29 is 9.25 Å². The molecular formula is C22H21N3O2. The third kappa shape index (κ3) is 3.55. The molecule has 0 saturated heterocycles. The summed E-state index contributed by atoms with van der Waals surface area (Å²) in [6.07, 6.45) is 5.22. The van der Waals surface area contributed by atoms with Gasteiger partial charge in [-0.25, -0.2) is 4.98 Å². The number of nitrogens with two attached hydrogens (primary N) is 1. The van der Waals surface area contributed by atoms with Crippen molar-refractivity contribution >= 4 is 11.1 Å². The van der Waals surface area contributed by atoms with E-state index in [2.05, 4.69) is 29.0 Å². The van der Waals surface area contributed by atoms with Crippen molar-refractivity contribution in [3.63, 3.8) is 0 Å². The Bertz CT molecular complexity index is 1020. The lowest BCUT2D eigenvalue weighted by atomic mass is 10.0. The van der Waals surface area contributed by atoms with E-state index in [0.717, 1.165) is 47.2 Å². The van der Waals surface area contributed by atoms with Crippen molar-refractivity contribution in [1.29, 1.82) is 0 Å². The molecule has 0 saturated carbocycles. The highest BCUT2D eigenvalue weighted by molar-refractivity contribution is 5.79. The maximum atomic E-state index is 5.89. The van der Waals surface area contributed by atoms with Crippen LogP contribution in [-0.2, 0) is 6.42 Å². The number of fused-ring (bicyclic) bond motifs is 1. The number of nitrogens with zero attached hydrogens (tertiary/aromatic N) is 2. The van der Waals surface area contributed by atoms with Crippen molar-refractivity contribution in [2.75, 3.05) is 0 Å². The van der Waals surface area contributed by atoms with Crippen LogP contribution in [-0.4, -0.2) is 9.97 Å². The van der Waals surface area contributed by atoms with Crippen molar-refractivity contribution in [2.24, 2.45) is 5.90 Å². The fourth-order valence-electron chi connectivity index (χ4n) is 3.07.